The Morgan fingerprint density at radius 2 is 2.00 bits per heavy atom. The first kappa shape index (κ1) is 10.6. The van der Waals surface area contributed by atoms with Crippen molar-refractivity contribution in [2.24, 2.45) is 0 Å². The first-order chi connectivity index (χ1) is 7.75. The zero-order chi connectivity index (χ0) is 11.4. The van der Waals surface area contributed by atoms with Gasteiger partial charge in [-0.2, -0.15) is 0 Å². The lowest BCUT2D eigenvalue weighted by atomic mass is 10.2. The number of aryl methyl sites for hydroxylation is 1. The van der Waals surface area contributed by atoms with Gasteiger partial charge in [0, 0.05) is 17.8 Å². The molecule has 1 aromatic carbocycles. The Kier molecular flexibility index (Phi) is 3.15. The van der Waals surface area contributed by atoms with Gasteiger partial charge in [0.2, 0.25) is 0 Å². The van der Waals surface area contributed by atoms with Crippen LogP contribution in [0.25, 0.3) is 0 Å². The smallest absolute Gasteiger partial charge is 0.128 e. The predicted octanol–water partition coefficient (Wildman–Crippen LogP) is 3.14. The van der Waals surface area contributed by atoms with E-state index in [1.165, 1.54) is 6.07 Å². The van der Waals surface area contributed by atoms with Gasteiger partial charge < -0.3 is 5.32 Å². The van der Waals surface area contributed by atoms with Crippen molar-refractivity contribution in [1.29, 1.82) is 0 Å². The zero-order valence-electron chi connectivity index (χ0n) is 9.07. The number of anilines is 1. The summed E-state index contributed by atoms with van der Waals surface area (Å²) in [6.45, 7) is 2.40. The molecule has 0 saturated carbocycles. The van der Waals surface area contributed by atoms with Crippen LogP contribution in [0.4, 0.5) is 10.1 Å². The molecule has 16 heavy (non-hydrogen) atoms. The Morgan fingerprint density at radius 3 is 2.69 bits per heavy atom. The molecule has 2 nitrogen and oxygen atoms in total. The van der Waals surface area contributed by atoms with Crippen LogP contribution >= 0.6 is 0 Å². The van der Waals surface area contributed by atoms with Crippen molar-refractivity contribution in [2.45, 2.75) is 13.5 Å². The fraction of sp³-hybridized carbons (Fsp3) is 0.154. The van der Waals surface area contributed by atoms with Crippen LogP contribution in [0.1, 0.15) is 11.3 Å². The van der Waals surface area contributed by atoms with Gasteiger partial charge in [-0.1, -0.05) is 18.2 Å². The monoisotopic (exact) mass is 216 g/mol. The molecule has 1 heterocycles. The van der Waals surface area contributed by atoms with E-state index in [1.807, 2.05) is 25.1 Å². The summed E-state index contributed by atoms with van der Waals surface area (Å²) in [6, 6.07) is 10.6. The van der Waals surface area contributed by atoms with E-state index in [9.17, 15) is 4.39 Å². The normalized spacial score (nSPS) is 10.1. The molecular formula is C13H13FN2. The van der Waals surface area contributed by atoms with Crippen molar-refractivity contribution >= 4 is 5.69 Å². The molecule has 0 aliphatic heterocycles. The van der Waals surface area contributed by atoms with Crippen molar-refractivity contribution in [3.8, 4) is 0 Å². The Morgan fingerprint density at radius 1 is 1.19 bits per heavy atom. The number of aromatic nitrogens is 1. The molecular weight excluding hydrogens is 203 g/mol. The number of hydrogen-bond donors (Lipinski definition) is 1. The third-order valence-electron chi connectivity index (χ3n) is 2.35. The van der Waals surface area contributed by atoms with Gasteiger partial charge in [0.1, 0.15) is 5.82 Å². The van der Waals surface area contributed by atoms with Gasteiger partial charge in [0.05, 0.1) is 11.9 Å². The topological polar surface area (TPSA) is 24.9 Å². The molecule has 0 spiro atoms. The first-order valence-corrected chi connectivity index (χ1v) is 5.15. The van der Waals surface area contributed by atoms with Crippen LogP contribution in [0.15, 0.2) is 42.6 Å². The second-order valence-corrected chi connectivity index (χ2v) is 3.63. The van der Waals surface area contributed by atoms with Crippen molar-refractivity contribution in [2.75, 3.05) is 5.32 Å². The third-order valence-corrected chi connectivity index (χ3v) is 2.35. The molecule has 3 heteroatoms. The highest BCUT2D eigenvalue weighted by Crippen LogP contribution is 2.10. The molecule has 1 aromatic heterocycles. The van der Waals surface area contributed by atoms with Gasteiger partial charge in [-0.3, -0.25) is 4.98 Å². The summed E-state index contributed by atoms with van der Waals surface area (Å²) in [5.41, 5.74) is 2.52. The SMILES string of the molecule is Cc1ccc(NCc2ccccc2F)cn1. The molecule has 0 unspecified atom stereocenters. The first-order valence-electron chi connectivity index (χ1n) is 5.15. The molecule has 0 atom stereocenters. The number of pyridine rings is 1. The fourth-order valence-electron chi connectivity index (χ4n) is 1.41. The lowest BCUT2D eigenvalue weighted by Gasteiger charge is -2.06. The molecule has 2 rings (SSSR count). The van der Waals surface area contributed by atoms with Crippen LogP contribution in [-0.4, -0.2) is 4.98 Å². The van der Waals surface area contributed by atoms with Crippen LogP contribution in [0.3, 0.4) is 0 Å². The second-order valence-electron chi connectivity index (χ2n) is 3.63. The van der Waals surface area contributed by atoms with Gasteiger partial charge in [0.25, 0.3) is 0 Å². The van der Waals surface area contributed by atoms with Crippen LogP contribution in [-0.2, 0) is 6.54 Å². The molecule has 1 N–H and O–H groups in total. The second kappa shape index (κ2) is 4.75. The highest BCUT2D eigenvalue weighted by atomic mass is 19.1. The number of rotatable bonds is 3. The highest BCUT2D eigenvalue weighted by Gasteiger charge is 1.99. The van der Waals surface area contributed by atoms with E-state index in [-0.39, 0.29) is 5.82 Å². The van der Waals surface area contributed by atoms with Crippen molar-refractivity contribution in [1.82, 2.24) is 4.98 Å². The lowest BCUT2D eigenvalue weighted by Crippen LogP contribution is -2.01. The van der Waals surface area contributed by atoms with Crippen molar-refractivity contribution in [3.63, 3.8) is 0 Å². The number of halogens is 1. The van der Waals surface area contributed by atoms with Gasteiger partial charge in [-0.05, 0) is 25.1 Å². The molecule has 0 aliphatic carbocycles. The number of nitrogens with zero attached hydrogens (tertiary/aromatic N) is 1. The Balaban J connectivity index is 2.02. The zero-order valence-corrected chi connectivity index (χ0v) is 9.07. The maximum atomic E-state index is 13.3. The standard InChI is InChI=1S/C13H13FN2/c1-10-6-7-12(9-15-10)16-8-11-4-2-3-5-13(11)14/h2-7,9,16H,8H2,1H3. The summed E-state index contributed by atoms with van der Waals surface area (Å²) in [6.07, 6.45) is 1.75. The van der Waals surface area contributed by atoms with Crippen LogP contribution in [0.5, 0.6) is 0 Å². The predicted molar refractivity (Wildman–Crippen MR) is 62.7 cm³/mol. The average molecular weight is 216 g/mol. The summed E-state index contributed by atoms with van der Waals surface area (Å²) >= 11 is 0. The number of nitrogens with one attached hydrogen (secondary N) is 1. The highest BCUT2D eigenvalue weighted by molar-refractivity contribution is 5.41. The Bertz CT molecular complexity index is 466. The van der Waals surface area contributed by atoms with E-state index in [1.54, 1.807) is 18.3 Å². The molecule has 0 aliphatic rings. The molecule has 2 aromatic rings. The van der Waals surface area contributed by atoms with E-state index in [0.29, 0.717) is 12.1 Å². The summed E-state index contributed by atoms with van der Waals surface area (Å²) in [4.78, 5) is 4.16. The maximum Gasteiger partial charge on any atom is 0.128 e. The van der Waals surface area contributed by atoms with Gasteiger partial charge in [-0.25, -0.2) is 4.39 Å². The molecule has 0 fully saturated rings. The number of benzene rings is 1. The lowest BCUT2D eigenvalue weighted by molar-refractivity contribution is 0.613. The fourth-order valence-corrected chi connectivity index (χ4v) is 1.41. The van der Waals surface area contributed by atoms with E-state index in [4.69, 9.17) is 0 Å². The average Bonchev–Trinajstić information content (AvgIpc) is 2.30. The third kappa shape index (κ3) is 2.57. The van der Waals surface area contributed by atoms with Crippen LogP contribution in [0.2, 0.25) is 0 Å². The molecule has 0 radical (unpaired) electrons. The Labute approximate surface area is 94.2 Å². The molecule has 0 saturated heterocycles. The maximum absolute atomic E-state index is 13.3. The summed E-state index contributed by atoms with van der Waals surface area (Å²) < 4.78 is 13.3. The van der Waals surface area contributed by atoms with Crippen molar-refractivity contribution < 1.29 is 4.39 Å². The van der Waals surface area contributed by atoms with E-state index in [2.05, 4.69) is 10.3 Å². The minimum absolute atomic E-state index is 0.185. The quantitative estimate of drug-likeness (QED) is 0.852. The van der Waals surface area contributed by atoms with Crippen molar-refractivity contribution in [3.05, 3.63) is 59.7 Å². The summed E-state index contributed by atoms with van der Waals surface area (Å²) in [5.74, 6) is -0.185. The van der Waals surface area contributed by atoms with Gasteiger partial charge >= 0.3 is 0 Å². The minimum Gasteiger partial charge on any atom is -0.380 e. The van der Waals surface area contributed by atoms with Gasteiger partial charge in [-0.15, -0.1) is 0 Å². The minimum atomic E-state index is -0.185. The van der Waals surface area contributed by atoms with E-state index < -0.39 is 0 Å². The van der Waals surface area contributed by atoms with Crippen LogP contribution < -0.4 is 5.32 Å². The molecule has 0 bridgehead atoms. The Hall–Kier alpha value is -1.90. The van der Waals surface area contributed by atoms with Gasteiger partial charge in [0.15, 0.2) is 0 Å². The van der Waals surface area contributed by atoms with Crippen LogP contribution in [0, 0.1) is 12.7 Å². The van der Waals surface area contributed by atoms with E-state index >= 15 is 0 Å². The molecule has 0 amide bonds. The largest absolute Gasteiger partial charge is 0.380 e. The number of hydrogen-bond acceptors (Lipinski definition) is 2. The molecule has 82 valence electrons. The summed E-state index contributed by atoms with van der Waals surface area (Å²) in [7, 11) is 0. The summed E-state index contributed by atoms with van der Waals surface area (Å²) in [5, 5.41) is 3.13. The van der Waals surface area contributed by atoms with E-state index in [0.717, 1.165) is 11.4 Å².